The van der Waals surface area contributed by atoms with E-state index < -0.39 is 39.5 Å². The van der Waals surface area contributed by atoms with Crippen molar-refractivity contribution >= 4 is 9.84 Å². The topological polar surface area (TPSA) is 147 Å². The van der Waals surface area contributed by atoms with Gasteiger partial charge in [0.2, 0.25) is 15.0 Å². The zero-order chi connectivity index (χ0) is 18.2. The second-order valence-corrected chi connectivity index (χ2v) is 7.94. The summed E-state index contributed by atoms with van der Waals surface area (Å²) in [5.41, 5.74) is -0.793. The molecule has 0 spiro atoms. The van der Waals surface area contributed by atoms with Crippen LogP contribution in [0.3, 0.4) is 0 Å². The van der Waals surface area contributed by atoms with E-state index in [1.54, 1.807) is 6.92 Å². The maximum absolute atomic E-state index is 12.1. The van der Waals surface area contributed by atoms with Crippen LogP contribution in [-0.4, -0.2) is 51.0 Å². The first-order valence-electron chi connectivity index (χ1n) is 7.65. The number of H-pyrrole nitrogens is 2. The third kappa shape index (κ3) is 3.57. The van der Waals surface area contributed by atoms with E-state index in [4.69, 9.17) is 4.74 Å². The zero-order valence-electron chi connectivity index (χ0n) is 13.4. The highest BCUT2D eigenvalue weighted by atomic mass is 32.2. The fourth-order valence-corrected chi connectivity index (χ4v) is 3.94. The number of sulfone groups is 1. The van der Waals surface area contributed by atoms with Crippen LogP contribution in [-0.2, 0) is 14.6 Å². The number of aromatic nitrogens is 4. The Balaban J connectivity index is 1.71. The molecule has 1 saturated heterocycles. The predicted octanol–water partition coefficient (Wildman–Crippen LogP) is -0.919. The van der Waals surface area contributed by atoms with E-state index in [0.717, 1.165) is 0 Å². The summed E-state index contributed by atoms with van der Waals surface area (Å²) in [5.74, 6) is -0.255. The Labute approximate surface area is 142 Å². The Morgan fingerprint density at radius 3 is 2.88 bits per heavy atom. The maximum atomic E-state index is 12.1. The van der Waals surface area contributed by atoms with E-state index in [9.17, 15) is 23.1 Å². The minimum absolute atomic E-state index is 0.0534. The number of hydrogen-bond donors (Lipinski definition) is 3. The fraction of sp³-hybridized carbons (Fsp3) is 0.500. The van der Waals surface area contributed by atoms with Crippen molar-refractivity contribution in [2.75, 3.05) is 5.75 Å². The first kappa shape index (κ1) is 17.6. The van der Waals surface area contributed by atoms with E-state index in [2.05, 4.69) is 15.0 Å². The molecule has 0 aliphatic carbocycles. The fourth-order valence-electron chi connectivity index (χ4n) is 2.73. The van der Waals surface area contributed by atoms with Gasteiger partial charge in [-0.3, -0.25) is 14.3 Å². The summed E-state index contributed by atoms with van der Waals surface area (Å²) in [6.45, 7) is 1.55. The van der Waals surface area contributed by atoms with Crippen molar-refractivity contribution < 1.29 is 18.3 Å². The van der Waals surface area contributed by atoms with Crippen molar-refractivity contribution in [3.63, 3.8) is 0 Å². The Hall–Kier alpha value is -2.24. The quantitative estimate of drug-likeness (QED) is 0.616. The van der Waals surface area contributed by atoms with Crippen LogP contribution in [0.5, 0.6) is 0 Å². The van der Waals surface area contributed by atoms with Gasteiger partial charge in [-0.2, -0.15) is 0 Å². The summed E-state index contributed by atoms with van der Waals surface area (Å²) < 4.78 is 31.1. The summed E-state index contributed by atoms with van der Waals surface area (Å²) in [6.07, 6.45) is 1.86. The molecule has 0 radical (unpaired) electrons. The average molecular weight is 370 g/mol. The Morgan fingerprint density at radius 1 is 1.44 bits per heavy atom. The van der Waals surface area contributed by atoms with Crippen molar-refractivity contribution in [2.45, 2.75) is 43.4 Å². The normalized spacial score (nSPS) is 23.8. The lowest BCUT2D eigenvalue weighted by molar-refractivity contribution is -0.0214. The van der Waals surface area contributed by atoms with Gasteiger partial charge in [0.1, 0.15) is 6.23 Å². The molecule has 2 aromatic heterocycles. The van der Waals surface area contributed by atoms with Gasteiger partial charge in [0.15, 0.2) is 0 Å². The van der Waals surface area contributed by atoms with Crippen LogP contribution in [0.1, 0.15) is 24.6 Å². The number of ether oxygens (including phenoxy) is 1. The van der Waals surface area contributed by atoms with Gasteiger partial charge in [-0.1, -0.05) is 0 Å². The van der Waals surface area contributed by atoms with Crippen LogP contribution >= 0.6 is 0 Å². The van der Waals surface area contributed by atoms with Gasteiger partial charge in [0.05, 0.1) is 18.0 Å². The molecule has 3 rings (SSSR count). The molecule has 11 heteroatoms. The van der Waals surface area contributed by atoms with E-state index in [0.29, 0.717) is 5.56 Å². The molecule has 1 fully saturated rings. The number of aryl methyl sites for hydroxylation is 1. The minimum atomic E-state index is -3.60. The second kappa shape index (κ2) is 6.58. The number of aliphatic hydroxyl groups is 1. The molecular formula is C14H18N4O6S. The van der Waals surface area contributed by atoms with Crippen molar-refractivity contribution in [2.24, 2.45) is 0 Å². The summed E-state index contributed by atoms with van der Waals surface area (Å²) in [4.78, 5) is 31.8. The molecule has 3 heterocycles. The molecule has 3 N–H and O–H groups in total. The van der Waals surface area contributed by atoms with E-state index in [-0.39, 0.29) is 23.8 Å². The molecular weight excluding hydrogens is 352 g/mol. The van der Waals surface area contributed by atoms with Crippen LogP contribution in [0.2, 0.25) is 0 Å². The van der Waals surface area contributed by atoms with Crippen LogP contribution in [0.4, 0.5) is 0 Å². The Bertz CT molecular complexity index is 962. The molecule has 0 saturated carbocycles. The van der Waals surface area contributed by atoms with Crippen molar-refractivity contribution in [1.82, 2.24) is 19.5 Å². The predicted molar refractivity (Wildman–Crippen MR) is 85.9 cm³/mol. The standard InChI is InChI=1S/C14H18N4O6S/c1-8-7-18(14(21)17-12(8)20)11-6-9(19)10(24-11)2-5-25(22,23)13-15-3-4-16-13/h3-4,7,9-11,19H,2,5-6H2,1H3,(H,15,16)(H,17,20,21)/t9-,10+,11+/m0/s1. The summed E-state index contributed by atoms with van der Waals surface area (Å²) in [5, 5.41) is 10.00. The van der Waals surface area contributed by atoms with Crippen LogP contribution in [0, 0.1) is 6.92 Å². The second-order valence-electron chi connectivity index (χ2n) is 5.91. The van der Waals surface area contributed by atoms with Crippen molar-refractivity contribution in [1.29, 1.82) is 0 Å². The monoisotopic (exact) mass is 370 g/mol. The van der Waals surface area contributed by atoms with Gasteiger partial charge in [-0.15, -0.1) is 0 Å². The number of aromatic amines is 2. The first-order valence-corrected chi connectivity index (χ1v) is 9.31. The summed E-state index contributed by atoms with van der Waals surface area (Å²) in [7, 11) is -3.60. The number of imidazole rings is 1. The summed E-state index contributed by atoms with van der Waals surface area (Å²) in [6, 6.07) is 0. The molecule has 1 aliphatic heterocycles. The van der Waals surface area contributed by atoms with E-state index >= 15 is 0 Å². The maximum Gasteiger partial charge on any atom is 0.330 e. The van der Waals surface area contributed by atoms with Crippen molar-refractivity contribution in [3.05, 3.63) is 45.0 Å². The number of nitrogens with one attached hydrogen (secondary N) is 2. The summed E-state index contributed by atoms with van der Waals surface area (Å²) >= 11 is 0. The Kier molecular flexibility index (Phi) is 4.62. The van der Waals surface area contributed by atoms with Crippen molar-refractivity contribution in [3.8, 4) is 0 Å². The van der Waals surface area contributed by atoms with Gasteiger partial charge < -0.3 is 14.8 Å². The van der Waals surface area contributed by atoms with Gasteiger partial charge in [0.25, 0.3) is 5.56 Å². The molecule has 3 atom stereocenters. The molecule has 0 amide bonds. The third-order valence-electron chi connectivity index (χ3n) is 4.10. The number of nitrogens with zero attached hydrogens (tertiary/aromatic N) is 2. The highest BCUT2D eigenvalue weighted by Gasteiger charge is 2.36. The largest absolute Gasteiger partial charge is 0.390 e. The number of hydrogen-bond acceptors (Lipinski definition) is 7. The van der Waals surface area contributed by atoms with E-state index in [1.165, 1.54) is 23.2 Å². The first-order chi connectivity index (χ1) is 11.8. The lowest BCUT2D eigenvalue weighted by Crippen LogP contribution is -2.33. The highest BCUT2D eigenvalue weighted by molar-refractivity contribution is 7.91. The van der Waals surface area contributed by atoms with Crippen LogP contribution in [0.15, 0.2) is 33.3 Å². The molecule has 0 bridgehead atoms. The van der Waals surface area contributed by atoms with Gasteiger partial charge >= 0.3 is 5.69 Å². The zero-order valence-corrected chi connectivity index (χ0v) is 14.2. The van der Waals surface area contributed by atoms with Gasteiger partial charge in [-0.25, -0.2) is 18.2 Å². The van der Waals surface area contributed by atoms with Gasteiger partial charge in [-0.05, 0) is 13.3 Å². The third-order valence-corrected chi connectivity index (χ3v) is 5.68. The number of aliphatic hydroxyl groups excluding tert-OH is 1. The molecule has 0 aromatic carbocycles. The lowest BCUT2D eigenvalue weighted by atomic mass is 10.1. The van der Waals surface area contributed by atoms with Crippen LogP contribution < -0.4 is 11.2 Å². The van der Waals surface area contributed by atoms with E-state index in [1.807, 2.05) is 0 Å². The molecule has 25 heavy (non-hydrogen) atoms. The molecule has 136 valence electrons. The van der Waals surface area contributed by atoms with Crippen LogP contribution in [0.25, 0.3) is 0 Å². The smallest absolute Gasteiger partial charge is 0.330 e. The Morgan fingerprint density at radius 2 is 2.20 bits per heavy atom. The highest BCUT2D eigenvalue weighted by Crippen LogP contribution is 2.30. The minimum Gasteiger partial charge on any atom is -0.390 e. The molecule has 2 aromatic rings. The number of rotatable bonds is 5. The SMILES string of the molecule is Cc1cn([C@H]2C[C@H](O)[C@@H](CCS(=O)(=O)c3ncc[nH]3)O2)c(=O)[nH]c1=O. The molecule has 1 aliphatic rings. The molecule has 10 nitrogen and oxygen atoms in total. The molecule has 0 unspecified atom stereocenters. The lowest BCUT2D eigenvalue weighted by Gasteiger charge is -2.16. The average Bonchev–Trinajstić information content (AvgIpc) is 3.19. The van der Waals surface area contributed by atoms with Gasteiger partial charge in [0, 0.05) is 30.6 Å².